The van der Waals surface area contributed by atoms with E-state index in [0.29, 0.717) is 6.42 Å². The van der Waals surface area contributed by atoms with Gasteiger partial charge in [-0.2, -0.15) is 0 Å². The van der Waals surface area contributed by atoms with E-state index in [1.807, 2.05) is 30.5 Å². The molecule has 0 atom stereocenters. The van der Waals surface area contributed by atoms with Crippen LogP contribution in [0.1, 0.15) is 5.56 Å². The molecule has 2 aromatic rings. The zero-order valence-corrected chi connectivity index (χ0v) is 10.1. The van der Waals surface area contributed by atoms with Crippen LogP contribution in [-0.4, -0.2) is 24.3 Å². The van der Waals surface area contributed by atoms with Crippen LogP contribution in [0.5, 0.6) is 0 Å². The molecule has 4 heteroatoms. The van der Waals surface area contributed by atoms with Gasteiger partial charge in [-0.15, -0.1) is 11.8 Å². The van der Waals surface area contributed by atoms with Crippen molar-refractivity contribution in [1.29, 1.82) is 0 Å². The minimum absolute atomic E-state index is 0.208. The first-order chi connectivity index (χ1) is 7.76. The fraction of sp³-hybridized carbons (Fsp3) is 0.250. The van der Waals surface area contributed by atoms with Crippen LogP contribution in [0.15, 0.2) is 29.3 Å². The lowest BCUT2D eigenvalue weighted by atomic mass is 10.1. The minimum Gasteiger partial charge on any atom is -0.469 e. The molecule has 0 fully saturated rings. The Morgan fingerprint density at radius 3 is 2.88 bits per heavy atom. The number of hydrogen-bond acceptors (Lipinski definition) is 3. The van der Waals surface area contributed by atoms with Crippen molar-refractivity contribution >= 4 is 28.6 Å². The Kier molecular flexibility index (Phi) is 3.19. The summed E-state index contributed by atoms with van der Waals surface area (Å²) in [6, 6.07) is 7.98. The number of esters is 1. The van der Waals surface area contributed by atoms with Crippen LogP contribution in [0.3, 0.4) is 0 Å². The third-order valence-electron chi connectivity index (χ3n) is 2.53. The largest absolute Gasteiger partial charge is 0.469 e. The second-order valence-electron chi connectivity index (χ2n) is 3.44. The maximum atomic E-state index is 11.3. The summed E-state index contributed by atoms with van der Waals surface area (Å²) in [7, 11) is 1.41. The highest BCUT2D eigenvalue weighted by atomic mass is 32.2. The van der Waals surface area contributed by atoms with Gasteiger partial charge in [0.15, 0.2) is 0 Å². The fourth-order valence-electron chi connectivity index (χ4n) is 1.74. The number of para-hydroxylation sites is 1. The van der Waals surface area contributed by atoms with Crippen LogP contribution in [0.25, 0.3) is 10.9 Å². The molecular weight excluding hydrogens is 222 g/mol. The van der Waals surface area contributed by atoms with Crippen molar-refractivity contribution in [2.75, 3.05) is 13.4 Å². The molecular formula is C12H13NO2S. The first kappa shape index (κ1) is 11.1. The Morgan fingerprint density at radius 2 is 2.19 bits per heavy atom. The van der Waals surface area contributed by atoms with Gasteiger partial charge >= 0.3 is 5.97 Å². The molecule has 1 aromatic heterocycles. The molecule has 0 aliphatic rings. The molecule has 1 N–H and O–H groups in total. The Bertz CT molecular complexity index is 519. The van der Waals surface area contributed by atoms with E-state index in [2.05, 4.69) is 4.98 Å². The van der Waals surface area contributed by atoms with Crippen LogP contribution in [0, 0.1) is 0 Å². The summed E-state index contributed by atoms with van der Waals surface area (Å²) in [5.74, 6) is -0.208. The lowest BCUT2D eigenvalue weighted by Crippen LogP contribution is -2.04. The quantitative estimate of drug-likeness (QED) is 0.657. The molecule has 0 radical (unpaired) electrons. The summed E-state index contributed by atoms with van der Waals surface area (Å²) < 4.78 is 4.71. The predicted octanol–water partition coefficient (Wildman–Crippen LogP) is 2.61. The number of aromatic amines is 1. The maximum absolute atomic E-state index is 11.3. The van der Waals surface area contributed by atoms with Crippen molar-refractivity contribution in [3.05, 3.63) is 29.8 Å². The summed E-state index contributed by atoms with van der Waals surface area (Å²) in [6.45, 7) is 0. The number of rotatable bonds is 3. The lowest BCUT2D eigenvalue weighted by Gasteiger charge is -2.00. The van der Waals surface area contributed by atoms with Gasteiger partial charge in [-0.1, -0.05) is 18.2 Å². The zero-order valence-electron chi connectivity index (χ0n) is 9.24. The average molecular weight is 235 g/mol. The van der Waals surface area contributed by atoms with Crippen molar-refractivity contribution < 1.29 is 9.53 Å². The Balaban J connectivity index is 2.51. The molecule has 0 saturated heterocycles. The van der Waals surface area contributed by atoms with E-state index < -0.39 is 0 Å². The van der Waals surface area contributed by atoms with Crippen LogP contribution in [-0.2, 0) is 16.0 Å². The van der Waals surface area contributed by atoms with E-state index in [4.69, 9.17) is 4.74 Å². The number of carbonyl (C=O) groups is 1. The van der Waals surface area contributed by atoms with Gasteiger partial charge in [-0.25, -0.2) is 0 Å². The molecule has 0 spiro atoms. The van der Waals surface area contributed by atoms with Crippen LogP contribution in [0.2, 0.25) is 0 Å². The number of carbonyl (C=O) groups excluding carboxylic acids is 1. The third kappa shape index (κ3) is 1.93. The van der Waals surface area contributed by atoms with Crippen molar-refractivity contribution in [1.82, 2.24) is 4.98 Å². The van der Waals surface area contributed by atoms with Crippen molar-refractivity contribution in [2.45, 2.75) is 11.4 Å². The van der Waals surface area contributed by atoms with Gasteiger partial charge in [0.1, 0.15) is 0 Å². The highest BCUT2D eigenvalue weighted by molar-refractivity contribution is 7.98. The summed E-state index contributed by atoms with van der Waals surface area (Å²) in [4.78, 5) is 14.6. The van der Waals surface area contributed by atoms with Crippen LogP contribution in [0.4, 0.5) is 0 Å². The van der Waals surface area contributed by atoms with Crippen LogP contribution < -0.4 is 0 Å². The average Bonchev–Trinajstić information content (AvgIpc) is 2.67. The molecule has 3 nitrogen and oxygen atoms in total. The highest BCUT2D eigenvalue weighted by Gasteiger charge is 2.13. The highest BCUT2D eigenvalue weighted by Crippen LogP contribution is 2.28. The fourth-order valence-corrected chi connectivity index (χ4v) is 2.38. The van der Waals surface area contributed by atoms with E-state index in [0.717, 1.165) is 21.5 Å². The number of H-pyrrole nitrogens is 1. The Hall–Kier alpha value is -1.42. The first-order valence-electron chi connectivity index (χ1n) is 4.96. The smallest absolute Gasteiger partial charge is 0.310 e. The van der Waals surface area contributed by atoms with Crippen LogP contribution >= 0.6 is 11.8 Å². The number of thioether (sulfide) groups is 1. The summed E-state index contributed by atoms with van der Waals surface area (Å²) in [5, 5.41) is 2.13. The van der Waals surface area contributed by atoms with Gasteiger partial charge in [0, 0.05) is 16.5 Å². The van der Waals surface area contributed by atoms with Gasteiger partial charge in [0.2, 0.25) is 0 Å². The predicted molar refractivity (Wildman–Crippen MR) is 65.8 cm³/mol. The SMILES string of the molecule is COC(=O)Cc1c(SC)[nH]c2ccccc12. The van der Waals surface area contributed by atoms with E-state index >= 15 is 0 Å². The Morgan fingerprint density at radius 1 is 1.44 bits per heavy atom. The molecule has 0 bridgehead atoms. The topological polar surface area (TPSA) is 42.1 Å². The molecule has 0 unspecified atom stereocenters. The van der Waals surface area contributed by atoms with Crippen molar-refractivity contribution in [3.63, 3.8) is 0 Å². The third-order valence-corrected chi connectivity index (χ3v) is 3.28. The number of aromatic nitrogens is 1. The number of ether oxygens (including phenoxy) is 1. The molecule has 2 rings (SSSR count). The Labute approximate surface area is 98.2 Å². The zero-order chi connectivity index (χ0) is 11.5. The summed E-state index contributed by atoms with van der Waals surface area (Å²) in [6.07, 6.45) is 2.31. The lowest BCUT2D eigenvalue weighted by molar-refractivity contribution is -0.139. The van der Waals surface area contributed by atoms with Crippen molar-refractivity contribution in [2.24, 2.45) is 0 Å². The van der Waals surface area contributed by atoms with Gasteiger partial charge < -0.3 is 9.72 Å². The standard InChI is InChI=1S/C12H13NO2S/c1-15-11(14)7-9-8-5-3-4-6-10(8)13-12(9)16-2/h3-6,13H,7H2,1-2H3. The van der Waals surface area contributed by atoms with Gasteiger partial charge in [-0.3, -0.25) is 4.79 Å². The number of fused-ring (bicyclic) bond motifs is 1. The molecule has 1 aromatic carbocycles. The van der Waals surface area contributed by atoms with Crippen molar-refractivity contribution in [3.8, 4) is 0 Å². The normalized spacial score (nSPS) is 10.6. The number of benzene rings is 1. The van der Waals surface area contributed by atoms with Gasteiger partial charge in [0.05, 0.1) is 18.6 Å². The molecule has 84 valence electrons. The van der Waals surface area contributed by atoms with E-state index in [9.17, 15) is 4.79 Å². The molecule has 1 heterocycles. The maximum Gasteiger partial charge on any atom is 0.310 e. The number of nitrogens with one attached hydrogen (secondary N) is 1. The van der Waals surface area contributed by atoms with E-state index in [1.54, 1.807) is 11.8 Å². The molecule has 0 amide bonds. The van der Waals surface area contributed by atoms with Gasteiger partial charge in [-0.05, 0) is 12.3 Å². The second kappa shape index (κ2) is 4.61. The number of methoxy groups -OCH3 is 1. The second-order valence-corrected chi connectivity index (χ2v) is 4.25. The van der Waals surface area contributed by atoms with E-state index in [1.165, 1.54) is 7.11 Å². The molecule has 0 aliphatic carbocycles. The monoisotopic (exact) mass is 235 g/mol. The molecule has 16 heavy (non-hydrogen) atoms. The summed E-state index contributed by atoms with van der Waals surface area (Å²) >= 11 is 1.61. The van der Waals surface area contributed by atoms with E-state index in [-0.39, 0.29) is 5.97 Å². The minimum atomic E-state index is -0.208. The molecule has 0 aliphatic heterocycles. The molecule has 0 saturated carbocycles. The number of hydrogen-bond donors (Lipinski definition) is 1. The first-order valence-corrected chi connectivity index (χ1v) is 6.19. The summed E-state index contributed by atoms with van der Waals surface area (Å²) in [5.41, 5.74) is 2.08. The van der Waals surface area contributed by atoms with Gasteiger partial charge in [0.25, 0.3) is 0 Å².